The molecule has 0 fully saturated rings. The number of nitrogens with one attached hydrogen (secondary N) is 1. The van der Waals surface area contributed by atoms with Gasteiger partial charge in [-0.05, 0) is 48.9 Å². The van der Waals surface area contributed by atoms with Crippen LogP contribution >= 0.6 is 0 Å². The minimum Gasteiger partial charge on any atom is -0.478 e. The highest BCUT2D eigenvalue weighted by atomic mass is 16.7. The zero-order chi connectivity index (χ0) is 15.7. The fraction of sp³-hybridized carbons (Fsp3) is 0.125. The fourth-order valence-corrected chi connectivity index (χ4v) is 2.17. The van der Waals surface area contributed by atoms with Crippen molar-refractivity contribution >= 4 is 17.6 Å². The predicted octanol–water partition coefficient (Wildman–Crippen LogP) is 2.67. The molecular formula is C16H13NO5. The van der Waals surface area contributed by atoms with Crippen LogP contribution in [0.5, 0.6) is 11.5 Å². The van der Waals surface area contributed by atoms with E-state index in [1.807, 2.05) is 0 Å². The number of benzene rings is 2. The molecule has 0 aliphatic carbocycles. The number of carbonyl (C=O) groups excluding carboxylic acids is 1. The lowest BCUT2D eigenvalue weighted by Gasteiger charge is -2.09. The molecule has 1 aliphatic rings. The second kappa shape index (κ2) is 5.40. The average Bonchev–Trinajstić information content (AvgIpc) is 2.96. The van der Waals surface area contributed by atoms with Gasteiger partial charge in [-0.3, -0.25) is 4.79 Å². The van der Waals surface area contributed by atoms with E-state index < -0.39 is 5.97 Å². The Hall–Kier alpha value is -3.02. The van der Waals surface area contributed by atoms with Gasteiger partial charge in [0, 0.05) is 11.3 Å². The van der Waals surface area contributed by atoms with Crippen molar-refractivity contribution in [2.24, 2.45) is 0 Å². The zero-order valence-corrected chi connectivity index (χ0v) is 11.8. The largest absolute Gasteiger partial charge is 0.478 e. The van der Waals surface area contributed by atoms with Crippen LogP contribution in [0.1, 0.15) is 26.3 Å². The summed E-state index contributed by atoms with van der Waals surface area (Å²) in [4.78, 5) is 23.2. The molecule has 1 heterocycles. The maximum Gasteiger partial charge on any atom is 0.335 e. The minimum atomic E-state index is -1.00. The lowest BCUT2D eigenvalue weighted by molar-refractivity contribution is 0.0696. The number of anilines is 1. The van der Waals surface area contributed by atoms with E-state index in [1.165, 1.54) is 12.1 Å². The van der Waals surface area contributed by atoms with Crippen molar-refractivity contribution in [3.8, 4) is 11.5 Å². The summed E-state index contributed by atoms with van der Waals surface area (Å²) in [6.45, 7) is 1.89. The summed E-state index contributed by atoms with van der Waals surface area (Å²) in [6, 6.07) is 9.46. The molecule has 2 N–H and O–H groups in total. The summed E-state index contributed by atoms with van der Waals surface area (Å²) in [5, 5.41) is 11.7. The van der Waals surface area contributed by atoms with Crippen LogP contribution in [0.4, 0.5) is 5.69 Å². The highest BCUT2D eigenvalue weighted by Crippen LogP contribution is 2.32. The molecule has 6 heteroatoms. The topological polar surface area (TPSA) is 84.9 Å². The average molecular weight is 299 g/mol. The van der Waals surface area contributed by atoms with Gasteiger partial charge >= 0.3 is 5.97 Å². The van der Waals surface area contributed by atoms with Crippen molar-refractivity contribution in [2.45, 2.75) is 6.92 Å². The van der Waals surface area contributed by atoms with Crippen LogP contribution in [-0.2, 0) is 0 Å². The standard InChI is InChI=1S/C16H13NO5/c1-9-6-11(16(19)20)2-4-12(9)17-15(18)10-3-5-13-14(7-10)22-8-21-13/h2-7H,8H2,1H3,(H,17,18)(H,19,20). The Morgan fingerprint density at radius 3 is 2.50 bits per heavy atom. The Bertz CT molecular complexity index is 769. The van der Waals surface area contributed by atoms with Crippen molar-refractivity contribution in [2.75, 3.05) is 12.1 Å². The molecule has 0 atom stereocenters. The highest BCUT2D eigenvalue weighted by molar-refractivity contribution is 6.05. The molecule has 0 saturated heterocycles. The Labute approximate surface area is 126 Å². The molecule has 2 aromatic carbocycles. The lowest BCUT2D eigenvalue weighted by atomic mass is 10.1. The van der Waals surface area contributed by atoms with Gasteiger partial charge in [-0.15, -0.1) is 0 Å². The monoisotopic (exact) mass is 299 g/mol. The smallest absolute Gasteiger partial charge is 0.335 e. The SMILES string of the molecule is Cc1cc(C(=O)O)ccc1NC(=O)c1ccc2c(c1)OCO2. The number of aryl methyl sites for hydroxylation is 1. The van der Waals surface area contributed by atoms with Gasteiger partial charge in [0.1, 0.15) is 0 Å². The van der Waals surface area contributed by atoms with Gasteiger partial charge in [0.05, 0.1) is 5.56 Å². The molecule has 1 amide bonds. The summed E-state index contributed by atoms with van der Waals surface area (Å²) >= 11 is 0. The van der Waals surface area contributed by atoms with E-state index in [4.69, 9.17) is 14.6 Å². The first-order valence-corrected chi connectivity index (χ1v) is 6.59. The lowest BCUT2D eigenvalue weighted by Crippen LogP contribution is -2.13. The number of hydrogen-bond donors (Lipinski definition) is 2. The molecule has 0 unspecified atom stereocenters. The van der Waals surface area contributed by atoms with Crippen LogP contribution in [0, 0.1) is 6.92 Å². The molecule has 6 nitrogen and oxygen atoms in total. The Morgan fingerprint density at radius 1 is 1.05 bits per heavy atom. The number of aromatic carboxylic acids is 1. The summed E-state index contributed by atoms with van der Waals surface area (Å²) in [5.41, 5.74) is 1.85. The van der Waals surface area contributed by atoms with E-state index in [2.05, 4.69) is 5.32 Å². The fourth-order valence-electron chi connectivity index (χ4n) is 2.17. The van der Waals surface area contributed by atoms with Crippen LogP contribution < -0.4 is 14.8 Å². The van der Waals surface area contributed by atoms with Crippen molar-refractivity contribution in [3.63, 3.8) is 0 Å². The van der Waals surface area contributed by atoms with Crippen LogP contribution in [0.15, 0.2) is 36.4 Å². The summed E-state index contributed by atoms with van der Waals surface area (Å²) in [5.74, 6) is -0.162. The Morgan fingerprint density at radius 2 is 1.77 bits per heavy atom. The van der Waals surface area contributed by atoms with E-state index in [0.717, 1.165) is 0 Å². The summed E-state index contributed by atoms with van der Waals surface area (Å²) < 4.78 is 10.4. The minimum absolute atomic E-state index is 0.149. The highest BCUT2D eigenvalue weighted by Gasteiger charge is 2.17. The number of carboxylic acid groups (broad SMARTS) is 1. The van der Waals surface area contributed by atoms with Crippen LogP contribution in [0.2, 0.25) is 0 Å². The molecule has 0 spiro atoms. The molecule has 0 saturated carbocycles. The van der Waals surface area contributed by atoms with E-state index >= 15 is 0 Å². The van der Waals surface area contributed by atoms with Crippen molar-refractivity contribution in [3.05, 3.63) is 53.1 Å². The summed E-state index contributed by atoms with van der Waals surface area (Å²) in [6.07, 6.45) is 0. The molecule has 1 aliphatic heterocycles. The number of ether oxygens (including phenoxy) is 2. The third-order valence-electron chi connectivity index (χ3n) is 3.36. The number of carbonyl (C=O) groups is 2. The molecule has 0 bridgehead atoms. The normalized spacial score (nSPS) is 12.0. The molecule has 3 rings (SSSR count). The third-order valence-corrected chi connectivity index (χ3v) is 3.36. The van der Waals surface area contributed by atoms with Gasteiger partial charge in [-0.25, -0.2) is 4.79 Å². The van der Waals surface area contributed by atoms with Gasteiger partial charge in [0.25, 0.3) is 5.91 Å². The number of rotatable bonds is 3. The number of hydrogen-bond acceptors (Lipinski definition) is 4. The third kappa shape index (κ3) is 2.58. The van der Waals surface area contributed by atoms with Crippen molar-refractivity contribution in [1.29, 1.82) is 0 Å². The quantitative estimate of drug-likeness (QED) is 0.910. The number of carboxylic acids is 1. The van der Waals surface area contributed by atoms with Gasteiger partial charge in [-0.1, -0.05) is 0 Å². The predicted molar refractivity (Wildman–Crippen MR) is 78.7 cm³/mol. The van der Waals surface area contributed by atoms with Gasteiger partial charge < -0.3 is 19.9 Å². The molecule has 0 aromatic heterocycles. The van der Waals surface area contributed by atoms with E-state index in [-0.39, 0.29) is 18.3 Å². The zero-order valence-electron chi connectivity index (χ0n) is 11.8. The first-order chi connectivity index (χ1) is 10.5. The van der Waals surface area contributed by atoms with Gasteiger partial charge in [0.15, 0.2) is 11.5 Å². The molecule has 112 valence electrons. The maximum atomic E-state index is 12.3. The first kappa shape index (κ1) is 13.9. The summed E-state index contributed by atoms with van der Waals surface area (Å²) in [7, 11) is 0. The van der Waals surface area contributed by atoms with Crippen LogP contribution in [0.3, 0.4) is 0 Å². The Balaban J connectivity index is 1.81. The number of amides is 1. The molecule has 2 aromatic rings. The molecule has 22 heavy (non-hydrogen) atoms. The van der Waals surface area contributed by atoms with E-state index in [1.54, 1.807) is 31.2 Å². The van der Waals surface area contributed by atoms with E-state index in [9.17, 15) is 9.59 Å². The van der Waals surface area contributed by atoms with Crippen molar-refractivity contribution < 1.29 is 24.2 Å². The van der Waals surface area contributed by atoms with Gasteiger partial charge in [0.2, 0.25) is 6.79 Å². The van der Waals surface area contributed by atoms with Crippen molar-refractivity contribution in [1.82, 2.24) is 0 Å². The second-order valence-electron chi connectivity index (χ2n) is 4.86. The Kier molecular flexibility index (Phi) is 3.42. The van der Waals surface area contributed by atoms with Gasteiger partial charge in [-0.2, -0.15) is 0 Å². The van der Waals surface area contributed by atoms with E-state index in [0.29, 0.717) is 28.3 Å². The first-order valence-electron chi connectivity index (χ1n) is 6.59. The number of fused-ring (bicyclic) bond motifs is 1. The molecule has 0 radical (unpaired) electrons. The maximum absolute atomic E-state index is 12.3. The van der Waals surface area contributed by atoms with Crippen LogP contribution in [-0.4, -0.2) is 23.8 Å². The molecular weight excluding hydrogens is 286 g/mol. The second-order valence-corrected chi connectivity index (χ2v) is 4.86. The van der Waals surface area contributed by atoms with Crippen LogP contribution in [0.25, 0.3) is 0 Å².